The molecule has 0 bridgehead atoms. The van der Waals surface area contributed by atoms with E-state index in [1.807, 2.05) is 0 Å². The number of thioether (sulfide) groups is 1. The fourth-order valence-corrected chi connectivity index (χ4v) is 5.39. The minimum atomic E-state index is -3.28. The number of halogens is 1. The number of hydrogen-bond donors (Lipinski definition) is 1. The quantitative estimate of drug-likeness (QED) is 0.569. The molecule has 1 aromatic rings. The summed E-state index contributed by atoms with van der Waals surface area (Å²) in [6.07, 6.45) is 3.11. The van der Waals surface area contributed by atoms with Crippen LogP contribution in [0.3, 0.4) is 0 Å². The molecule has 2 aliphatic heterocycles. The van der Waals surface area contributed by atoms with Crippen LogP contribution in [0.2, 0.25) is 5.02 Å². The lowest BCUT2D eigenvalue weighted by Crippen LogP contribution is -2.49. The second-order valence-electron chi connectivity index (χ2n) is 6.05. The van der Waals surface area contributed by atoms with Gasteiger partial charge in [-0.1, -0.05) is 47.7 Å². The van der Waals surface area contributed by atoms with Gasteiger partial charge in [0, 0.05) is 10.4 Å². The van der Waals surface area contributed by atoms with Gasteiger partial charge in [0.05, 0.1) is 16.7 Å². The van der Waals surface area contributed by atoms with E-state index in [-0.39, 0.29) is 16.0 Å². The number of carbonyl (C=O) groups excluding carboxylic acids is 2. The summed E-state index contributed by atoms with van der Waals surface area (Å²) >= 11 is 12.2. The first-order valence-electron chi connectivity index (χ1n) is 7.90. The maximum Gasteiger partial charge on any atom is 0.266 e. The Morgan fingerprint density at radius 1 is 1.41 bits per heavy atom. The van der Waals surface area contributed by atoms with E-state index in [1.165, 1.54) is 11.0 Å². The fourth-order valence-electron chi connectivity index (χ4n) is 2.61. The van der Waals surface area contributed by atoms with Crippen molar-refractivity contribution in [1.29, 1.82) is 0 Å². The van der Waals surface area contributed by atoms with Gasteiger partial charge in [0.25, 0.3) is 5.91 Å². The highest BCUT2D eigenvalue weighted by Gasteiger charge is 2.39. The molecule has 1 aromatic carbocycles. The first-order valence-corrected chi connectivity index (χ1v) is 11.2. The molecule has 10 heteroatoms. The Kier molecular flexibility index (Phi) is 5.76. The predicted octanol–water partition coefficient (Wildman–Crippen LogP) is 2.36. The summed E-state index contributed by atoms with van der Waals surface area (Å²) in [5.74, 6) is -1.01. The average molecular weight is 443 g/mol. The van der Waals surface area contributed by atoms with Crippen molar-refractivity contribution >= 4 is 67.6 Å². The second kappa shape index (κ2) is 7.75. The molecule has 0 saturated carbocycles. The van der Waals surface area contributed by atoms with Crippen LogP contribution in [0.1, 0.15) is 12.5 Å². The van der Waals surface area contributed by atoms with Crippen molar-refractivity contribution in [3.63, 3.8) is 0 Å². The van der Waals surface area contributed by atoms with Crippen LogP contribution in [0.5, 0.6) is 0 Å². The highest BCUT2D eigenvalue weighted by molar-refractivity contribution is 8.26. The van der Waals surface area contributed by atoms with E-state index in [0.29, 0.717) is 9.93 Å². The van der Waals surface area contributed by atoms with Crippen LogP contribution in [-0.4, -0.2) is 47.3 Å². The van der Waals surface area contributed by atoms with Crippen molar-refractivity contribution in [1.82, 2.24) is 10.2 Å². The molecule has 0 aromatic heterocycles. The number of amides is 2. The van der Waals surface area contributed by atoms with Crippen LogP contribution in [-0.2, 0) is 19.4 Å². The topological polar surface area (TPSA) is 83.6 Å². The number of hydrogen-bond acceptors (Lipinski definition) is 6. The van der Waals surface area contributed by atoms with E-state index in [1.54, 1.807) is 37.3 Å². The zero-order valence-corrected chi connectivity index (χ0v) is 17.3. The number of benzene rings is 1. The van der Waals surface area contributed by atoms with E-state index in [2.05, 4.69) is 5.32 Å². The van der Waals surface area contributed by atoms with E-state index in [4.69, 9.17) is 23.8 Å². The Morgan fingerprint density at radius 3 is 2.67 bits per heavy atom. The SMILES string of the molecule is CC(C(=O)NC1C=CS(=O)(=O)C1)N1C(=O)C(=Cc2ccc(Cl)cc2)SC1=S. The van der Waals surface area contributed by atoms with E-state index >= 15 is 0 Å². The van der Waals surface area contributed by atoms with Gasteiger partial charge in [-0.25, -0.2) is 8.42 Å². The van der Waals surface area contributed by atoms with Crippen LogP contribution in [0.25, 0.3) is 6.08 Å². The lowest BCUT2D eigenvalue weighted by Gasteiger charge is -2.23. The van der Waals surface area contributed by atoms with Gasteiger partial charge in [-0.3, -0.25) is 14.5 Å². The standard InChI is InChI=1S/C17H15ClN2O4S3/c1-10(15(21)19-13-6-7-27(23,24)9-13)20-16(22)14(26-17(20)25)8-11-2-4-12(18)5-3-11/h2-8,10,13H,9H2,1H3,(H,19,21). The molecule has 3 rings (SSSR count). The summed E-state index contributed by atoms with van der Waals surface area (Å²) in [6.45, 7) is 1.55. The van der Waals surface area contributed by atoms with Gasteiger partial charge >= 0.3 is 0 Å². The number of thiocarbonyl (C=S) groups is 1. The summed E-state index contributed by atoms with van der Waals surface area (Å²) in [5, 5.41) is 4.29. The molecule has 27 heavy (non-hydrogen) atoms. The van der Waals surface area contributed by atoms with Crippen molar-refractivity contribution in [2.24, 2.45) is 0 Å². The third kappa shape index (κ3) is 4.60. The van der Waals surface area contributed by atoms with Gasteiger partial charge in [0.2, 0.25) is 5.91 Å². The van der Waals surface area contributed by atoms with Gasteiger partial charge in [-0.2, -0.15) is 0 Å². The second-order valence-corrected chi connectivity index (χ2v) is 10.1. The van der Waals surface area contributed by atoms with Crippen LogP contribution < -0.4 is 5.32 Å². The molecule has 2 atom stereocenters. The Labute approximate surface area is 171 Å². The van der Waals surface area contributed by atoms with Crippen molar-refractivity contribution in [2.75, 3.05) is 5.75 Å². The van der Waals surface area contributed by atoms with Crippen molar-refractivity contribution < 1.29 is 18.0 Å². The molecule has 2 heterocycles. The highest BCUT2D eigenvalue weighted by atomic mass is 35.5. The molecule has 0 spiro atoms. The predicted molar refractivity (Wildman–Crippen MR) is 111 cm³/mol. The normalized spacial score (nSPS) is 23.9. The Bertz CT molecular complexity index is 970. The van der Waals surface area contributed by atoms with Crippen molar-refractivity contribution in [3.05, 3.63) is 51.2 Å². The highest BCUT2D eigenvalue weighted by Crippen LogP contribution is 2.34. The van der Waals surface area contributed by atoms with Gasteiger partial charge in [0.1, 0.15) is 10.4 Å². The summed E-state index contributed by atoms with van der Waals surface area (Å²) in [7, 11) is -3.28. The number of rotatable bonds is 4. The minimum absolute atomic E-state index is 0.180. The lowest BCUT2D eigenvalue weighted by atomic mass is 10.2. The monoisotopic (exact) mass is 442 g/mol. The summed E-state index contributed by atoms with van der Waals surface area (Å²) < 4.78 is 23.2. The Morgan fingerprint density at radius 2 is 2.07 bits per heavy atom. The molecule has 1 fully saturated rings. The number of nitrogens with zero attached hydrogens (tertiary/aromatic N) is 1. The Hall–Kier alpha value is -1.68. The third-order valence-corrected chi connectivity index (χ3v) is 6.99. The molecule has 2 amide bonds. The van der Waals surface area contributed by atoms with Crippen LogP contribution in [0.4, 0.5) is 0 Å². The van der Waals surface area contributed by atoms with Crippen LogP contribution in [0.15, 0.2) is 40.7 Å². The lowest BCUT2D eigenvalue weighted by molar-refractivity contribution is -0.132. The third-order valence-electron chi connectivity index (χ3n) is 4.02. The van der Waals surface area contributed by atoms with E-state index in [9.17, 15) is 18.0 Å². The van der Waals surface area contributed by atoms with Crippen LogP contribution in [0, 0.1) is 0 Å². The molecule has 0 aliphatic carbocycles. The number of carbonyl (C=O) groups is 2. The summed E-state index contributed by atoms with van der Waals surface area (Å²) in [6, 6.07) is 5.52. The molecule has 1 saturated heterocycles. The smallest absolute Gasteiger partial charge is 0.266 e. The molecular formula is C17H15ClN2O4S3. The molecule has 2 aliphatic rings. The zero-order valence-electron chi connectivity index (χ0n) is 14.1. The largest absolute Gasteiger partial charge is 0.347 e. The minimum Gasteiger partial charge on any atom is -0.347 e. The molecule has 1 N–H and O–H groups in total. The molecular weight excluding hydrogens is 428 g/mol. The van der Waals surface area contributed by atoms with E-state index < -0.39 is 27.8 Å². The fraction of sp³-hybridized carbons (Fsp3) is 0.235. The number of sulfone groups is 1. The molecule has 6 nitrogen and oxygen atoms in total. The average Bonchev–Trinajstić information content (AvgIpc) is 3.07. The molecule has 2 unspecified atom stereocenters. The van der Waals surface area contributed by atoms with Crippen LogP contribution >= 0.6 is 35.6 Å². The van der Waals surface area contributed by atoms with Gasteiger partial charge in [-0.15, -0.1) is 0 Å². The van der Waals surface area contributed by atoms with Crippen molar-refractivity contribution in [2.45, 2.75) is 19.0 Å². The van der Waals surface area contributed by atoms with Gasteiger partial charge in [0.15, 0.2) is 9.84 Å². The summed E-state index contributed by atoms with van der Waals surface area (Å²) in [4.78, 5) is 26.8. The Balaban J connectivity index is 1.71. The molecule has 142 valence electrons. The van der Waals surface area contributed by atoms with E-state index in [0.717, 1.165) is 22.7 Å². The van der Waals surface area contributed by atoms with Gasteiger partial charge < -0.3 is 5.32 Å². The number of nitrogens with one attached hydrogen (secondary N) is 1. The van der Waals surface area contributed by atoms with Crippen molar-refractivity contribution in [3.8, 4) is 0 Å². The molecule has 0 radical (unpaired) electrons. The first-order chi connectivity index (χ1) is 12.7. The first kappa shape index (κ1) is 20.1. The zero-order chi connectivity index (χ0) is 19.8. The summed E-state index contributed by atoms with van der Waals surface area (Å²) in [5.41, 5.74) is 0.790. The maximum absolute atomic E-state index is 12.7. The maximum atomic E-state index is 12.7. The van der Waals surface area contributed by atoms with Gasteiger partial charge in [-0.05, 0) is 36.8 Å².